The largest absolute Gasteiger partial charge is 0.483 e. The van der Waals surface area contributed by atoms with E-state index in [2.05, 4.69) is 0 Å². The molecule has 0 aromatic heterocycles. The first-order chi connectivity index (χ1) is 8.81. The van der Waals surface area contributed by atoms with Crippen LogP contribution in [0.15, 0.2) is 60.7 Å². The van der Waals surface area contributed by atoms with Crippen LogP contribution in [0.1, 0.15) is 11.7 Å². The van der Waals surface area contributed by atoms with Crippen LogP contribution in [0.4, 0.5) is 0 Å². The maximum atomic E-state index is 9.86. The number of para-hydroxylation sites is 1. The summed E-state index contributed by atoms with van der Waals surface area (Å²) in [7, 11) is 0. The first kappa shape index (κ1) is 12.6. The van der Waals surface area contributed by atoms with Crippen molar-refractivity contribution in [3.05, 3.63) is 66.2 Å². The number of rotatable bonds is 5. The van der Waals surface area contributed by atoms with Gasteiger partial charge in [0, 0.05) is 0 Å². The molecule has 0 saturated carbocycles. The Kier molecular flexibility index (Phi) is 4.34. The van der Waals surface area contributed by atoms with Crippen molar-refractivity contribution in [3.8, 4) is 5.75 Å². The van der Waals surface area contributed by atoms with Crippen LogP contribution in [0.2, 0.25) is 0 Å². The predicted octanol–water partition coefficient (Wildman–Crippen LogP) is 2.16. The van der Waals surface area contributed by atoms with E-state index < -0.39 is 12.2 Å². The number of aliphatic hydroxyl groups excluding tert-OH is 2. The third-order valence-electron chi connectivity index (χ3n) is 2.67. The van der Waals surface area contributed by atoms with E-state index >= 15 is 0 Å². The van der Waals surface area contributed by atoms with E-state index in [9.17, 15) is 5.11 Å². The van der Waals surface area contributed by atoms with Crippen molar-refractivity contribution in [1.82, 2.24) is 0 Å². The molecule has 94 valence electrons. The lowest BCUT2D eigenvalue weighted by molar-refractivity contribution is -0.00189. The highest BCUT2D eigenvalue weighted by Crippen LogP contribution is 2.24. The predicted molar refractivity (Wildman–Crippen MR) is 69.3 cm³/mol. The minimum atomic E-state index is -0.951. The Bertz CT molecular complexity index is 456. The fourth-order valence-electron chi connectivity index (χ4n) is 1.75. The first-order valence-electron chi connectivity index (χ1n) is 5.87. The molecule has 0 amide bonds. The molecular formula is C15H16O3. The summed E-state index contributed by atoms with van der Waals surface area (Å²) in [6, 6.07) is 18.6. The number of aliphatic hydroxyl groups is 2. The summed E-state index contributed by atoms with van der Waals surface area (Å²) in [6.07, 6.45) is -1.52. The molecule has 2 aromatic carbocycles. The summed E-state index contributed by atoms with van der Waals surface area (Å²) in [6.45, 7) is -0.341. The molecule has 0 aliphatic carbocycles. The van der Waals surface area contributed by atoms with Gasteiger partial charge in [-0.1, -0.05) is 48.5 Å². The lowest BCUT2D eigenvalue weighted by Crippen LogP contribution is -2.27. The van der Waals surface area contributed by atoms with E-state index in [-0.39, 0.29) is 6.61 Å². The van der Waals surface area contributed by atoms with Crippen molar-refractivity contribution >= 4 is 0 Å². The van der Waals surface area contributed by atoms with Crippen molar-refractivity contribution in [2.45, 2.75) is 12.2 Å². The molecule has 2 atom stereocenters. The first-order valence-corrected chi connectivity index (χ1v) is 5.87. The van der Waals surface area contributed by atoms with Crippen LogP contribution < -0.4 is 4.74 Å². The monoisotopic (exact) mass is 244 g/mol. The Balaban J connectivity index is 2.21. The van der Waals surface area contributed by atoms with Gasteiger partial charge < -0.3 is 14.9 Å². The van der Waals surface area contributed by atoms with Gasteiger partial charge in [0.1, 0.15) is 11.9 Å². The van der Waals surface area contributed by atoms with E-state index in [0.29, 0.717) is 5.75 Å². The standard InChI is InChI=1S/C15H16O3/c16-11-14(17)15(12-7-3-1-4-8-12)18-13-9-5-2-6-10-13/h1-10,14-17H,11H2/t14-,15+/m1/s1. The molecular weight excluding hydrogens is 228 g/mol. The zero-order chi connectivity index (χ0) is 12.8. The number of benzene rings is 2. The highest BCUT2D eigenvalue weighted by molar-refractivity contribution is 5.25. The zero-order valence-corrected chi connectivity index (χ0v) is 9.94. The van der Waals surface area contributed by atoms with Crippen molar-refractivity contribution in [2.24, 2.45) is 0 Å². The molecule has 0 radical (unpaired) electrons. The quantitative estimate of drug-likeness (QED) is 0.847. The smallest absolute Gasteiger partial charge is 0.152 e. The number of ether oxygens (including phenoxy) is 1. The van der Waals surface area contributed by atoms with Gasteiger partial charge >= 0.3 is 0 Å². The molecule has 2 N–H and O–H groups in total. The van der Waals surface area contributed by atoms with Crippen molar-refractivity contribution in [2.75, 3.05) is 6.61 Å². The molecule has 3 nitrogen and oxygen atoms in total. The highest BCUT2D eigenvalue weighted by Gasteiger charge is 2.22. The molecule has 0 aliphatic heterocycles. The van der Waals surface area contributed by atoms with Crippen LogP contribution in [0.25, 0.3) is 0 Å². The lowest BCUT2D eigenvalue weighted by Gasteiger charge is -2.23. The minimum Gasteiger partial charge on any atom is -0.483 e. The van der Waals surface area contributed by atoms with Crippen LogP contribution >= 0.6 is 0 Å². The number of hydrogen-bond donors (Lipinski definition) is 2. The second-order valence-electron chi connectivity index (χ2n) is 4.01. The Hall–Kier alpha value is -1.84. The SMILES string of the molecule is OC[C@@H](O)[C@@H](Oc1ccccc1)c1ccccc1. The van der Waals surface area contributed by atoms with E-state index in [1.807, 2.05) is 60.7 Å². The lowest BCUT2D eigenvalue weighted by atomic mass is 10.0. The molecule has 3 heteroatoms. The summed E-state index contributed by atoms with van der Waals surface area (Å²) in [5, 5.41) is 19.0. The molecule has 2 rings (SSSR count). The average Bonchev–Trinajstić information content (AvgIpc) is 2.46. The van der Waals surface area contributed by atoms with Crippen LogP contribution in [-0.4, -0.2) is 22.9 Å². The molecule has 18 heavy (non-hydrogen) atoms. The molecule has 0 unspecified atom stereocenters. The van der Waals surface area contributed by atoms with Crippen LogP contribution in [0.5, 0.6) is 5.75 Å². The fourth-order valence-corrected chi connectivity index (χ4v) is 1.75. The van der Waals surface area contributed by atoms with Crippen LogP contribution in [0, 0.1) is 0 Å². The molecule has 0 spiro atoms. The van der Waals surface area contributed by atoms with Gasteiger partial charge in [0.25, 0.3) is 0 Å². The topological polar surface area (TPSA) is 49.7 Å². The van der Waals surface area contributed by atoms with E-state index in [1.54, 1.807) is 0 Å². The van der Waals surface area contributed by atoms with Crippen molar-refractivity contribution in [3.63, 3.8) is 0 Å². The Morgan fingerprint density at radius 2 is 1.44 bits per heavy atom. The molecule has 0 bridgehead atoms. The van der Waals surface area contributed by atoms with Gasteiger partial charge in [-0.05, 0) is 17.7 Å². The minimum absolute atomic E-state index is 0.341. The van der Waals surface area contributed by atoms with Gasteiger partial charge in [0.2, 0.25) is 0 Å². The van der Waals surface area contributed by atoms with Gasteiger partial charge in [0.05, 0.1) is 6.61 Å². The van der Waals surface area contributed by atoms with E-state index in [1.165, 1.54) is 0 Å². The molecule has 0 saturated heterocycles. The van der Waals surface area contributed by atoms with E-state index in [0.717, 1.165) is 5.56 Å². The molecule has 2 aromatic rings. The van der Waals surface area contributed by atoms with Crippen LogP contribution in [0.3, 0.4) is 0 Å². The van der Waals surface area contributed by atoms with Gasteiger partial charge in [0.15, 0.2) is 6.10 Å². The third kappa shape index (κ3) is 3.09. The molecule has 0 heterocycles. The van der Waals surface area contributed by atoms with Gasteiger partial charge in [-0.15, -0.1) is 0 Å². The van der Waals surface area contributed by atoms with Gasteiger partial charge in [-0.2, -0.15) is 0 Å². The Morgan fingerprint density at radius 3 is 2.00 bits per heavy atom. The molecule has 0 aliphatic rings. The van der Waals surface area contributed by atoms with Crippen molar-refractivity contribution < 1.29 is 14.9 Å². The summed E-state index contributed by atoms with van der Waals surface area (Å²) < 4.78 is 5.74. The summed E-state index contributed by atoms with van der Waals surface area (Å²) in [4.78, 5) is 0. The fraction of sp³-hybridized carbons (Fsp3) is 0.200. The third-order valence-corrected chi connectivity index (χ3v) is 2.67. The maximum absolute atomic E-state index is 9.86. The summed E-state index contributed by atoms with van der Waals surface area (Å²) >= 11 is 0. The van der Waals surface area contributed by atoms with Crippen LogP contribution in [-0.2, 0) is 0 Å². The van der Waals surface area contributed by atoms with Gasteiger partial charge in [-0.3, -0.25) is 0 Å². The average molecular weight is 244 g/mol. The Morgan fingerprint density at radius 1 is 0.889 bits per heavy atom. The van der Waals surface area contributed by atoms with Crippen molar-refractivity contribution in [1.29, 1.82) is 0 Å². The van der Waals surface area contributed by atoms with Gasteiger partial charge in [-0.25, -0.2) is 0 Å². The molecule has 0 fully saturated rings. The normalized spacial score (nSPS) is 13.9. The summed E-state index contributed by atoms with van der Waals surface area (Å²) in [5.74, 6) is 0.666. The summed E-state index contributed by atoms with van der Waals surface area (Å²) in [5.41, 5.74) is 0.836. The second-order valence-corrected chi connectivity index (χ2v) is 4.01. The maximum Gasteiger partial charge on any atom is 0.152 e. The highest BCUT2D eigenvalue weighted by atomic mass is 16.5. The zero-order valence-electron chi connectivity index (χ0n) is 9.94. The number of hydrogen-bond acceptors (Lipinski definition) is 3. The Labute approximate surface area is 106 Å². The second kappa shape index (κ2) is 6.19. The van der Waals surface area contributed by atoms with E-state index in [4.69, 9.17) is 9.84 Å².